The van der Waals surface area contributed by atoms with Crippen LogP contribution < -0.4 is 5.32 Å². The number of carbonyl (C=O) groups excluding carboxylic acids is 1. The van der Waals surface area contributed by atoms with E-state index in [4.69, 9.17) is 5.10 Å². The Morgan fingerprint density at radius 3 is 2.63 bits per heavy atom. The third-order valence-electron chi connectivity index (χ3n) is 6.74. The minimum absolute atomic E-state index is 0.0145. The summed E-state index contributed by atoms with van der Waals surface area (Å²) in [4.78, 5) is 15.5. The van der Waals surface area contributed by atoms with Gasteiger partial charge < -0.3 is 5.32 Å². The second-order valence-corrected chi connectivity index (χ2v) is 10.9. The van der Waals surface area contributed by atoms with Gasteiger partial charge in [-0.2, -0.15) is 5.10 Å². The molecule has 0 radical (unpaired) electrons. The maximum absolute atomic E-state index is 13.3. The molecule has 0 bridgehead atoms. The second kappa shape index (κ2) is 7.50. The fourth-order valence-corrected chi connectivity index (χ4v) is 7.21. The van der Waals surface area contributed by atoms with Crippen LogP contribution in [0.15, 0.2) is 24.3 Å². The van der Waals surface area contributed by atoms with E-state index in [2.05, 4.69) is 10.2 Å². The van der Waals surface area contributed by atoms with Gasteiger partial charge in [0.1, 0.15) is 0 Å². The van der Waals surface area contributed by atoms with Crippen molar-refractivity contribution in [2.24, 2.45) is 0 Å². The summed E-state index contributed by atoms with van der Waals surface area (Å²) in [7, 11) is -3.15. The minimum atomic E-state index is -3.15. The molecule has 2 saturated heterocycles. The molecule has 7 nitrogen and oxygen atoms in total. The lowest BCUT2D eigenvalue weighted by Crippen LogP contribution is -2.50. The van der Waals surface area contributed by atoms with Gasteiger partial charge >= 0.3 is 0 Å². The van der Waals surface area contributed by atoms with Crippen LogP contribution in [0.25, 0.3) is 5.69 Å². The molecule has 2 aliphatic heterocycles. The Morgan fingerprint density at radius 2 is 1.87 bits per heavy atom. The number of aromatic nitrogens is 2. The molecule has 3 aliphatic rings. The highest BCUT2D eigenvalue weighted by Crippen LogP contribution is 2.29. The van der Waals surface area contributed by atoms with Crippen LogP contribution in [0.5, 0.6) is 0 Å². The van der Waals surface area contributed by atoms with E-state index in [1.807, 2.05) is 35.9 Å². The third kappa shape index (κ3) is 3.46. The van der Waals surface area contributed by atoms with E-state index in [-0.39, 0.29) is 29.5 Å². The summed E-state index contributed by atoms with van der Waals surface area (Å²) in [6, 6.07) is 7.54. The molecule has 2 fully saturated rings. The number of para-hydroxylation sites is 1. The number of benzene rings is 1. The monoisotopic (exact) mass is 428 g/mol. The number of hydrogen-bond donors (Lipinski definition) is 1. The van der Waals surface area contributed by atoms with Crippen LogP contribution in [0.1, 0.15) is 46.6 Å². The van der Waals surface area contributed by atoms with Crippen LogP contribution >= 0.6 is 0 Å². The van der Waals surface area contributed by atoms with E-state index in [1.165, 1.54) is 0 Å². The second-order valence-electron chi connectivity index (χ2n) is 8.79. The molecule has 2 atom stereocenters. The van der Waals surface area contributed by atoms with Crippen molar-refractivity contribution in [3.05, 3.63) is 46.8 Å². The minimum Gasteiger partial charge on any atom is -0.345 e. The molecule has 1 amide bonds. The molecule has 0 saturated carbocycles. The van der Waals surface area contributed by atoms with E-state index >= 15 is 0 Å². The molecule has 160 valence electrons. The van der Waals surface area contributed by atoms with Crippen LogP contribution in [0.3, 0.4) is 0 Å². The zero-order chi connectivity index (χ0) is 20.9. The Balaban J connectivity index is 1.44. The number of hydrogen-bond acceptors (Lipinski definition) is 5. The van der Waals surface area contributed by atoms with Gasteiger partial charge in [0.25, 0.3) is 5.91 Å². The van der Waals surface area contributed by atoms with Crippen LogP contribution in [0, 0.1) is 6.92 Å². The van der Waals surface area contributed by atoms with Crippen molar-refractivity contribution in [2.45, 2.75) is 51.1 Å². The van der Waals surface area contributed by atoms with Gasteiger partial charge in [0.05, 0.1) is 23.2 Å². The molecule has 0 spiro atoms. The number of amides is 1. The van der Waals surface area contributed by atoms with Gasteiger partial charge in [-0.05, 0) is 63.7 Å². The van der Waals surface area contributed by atoms with Crippen molar-refractivity contribution in [1.82, 2.24) is 20.0 Å². The van der Waals surface area contributed by atoms with Crippen LogP contribution in [0.4, 0.5) is 0 Å². The Bertz CT molecular complexity index is 1090. The highest BCUT2D eigenvalue weighted by Gasteiger charge is 2.43. The van der Waals surface area contributed by atoms with Crippen LogP contribution in [-0.4, -0.2) is 65.7 Å². The first-order valence-electron chi connectivity index (χ1n) is 10.8. The molecule has 8 heteroatoms. The summed E-state index contributed by atoms with van der Waals surface area (Å²) < 4.78 is 26.6. The number of nitrogens with zero attached hydrogens (tertiary/aromatic N) is 3. The maximum Gasteiger partial charge on any atom is 0.272 e. The molecular formula is C22H28N4O3S. The number of aryl methyl sites for hydroxylation is 1. The van der Waals surface area contributed by atoms with Crippen molar-refractivity contribution in [1.29, 1.82) is 0 Å². The van der Waals surface area contributed by atoms with Gasteiger partial charge in [0, 0.05) is 17.3 Å². The lowest BCUT2D eigenvalue weighted by atomic mass is 10.1. The lowest BCUT2D eigenvalue weighted by molar-refractivity contribution is 0.0912. The number of carbonyl (C=O) groups is 1. The molecule has 1 N–H and O–H groups in total. The summed E-state index contributed by atoms with van der Waals surface area (Å²) in [5, 5.41) is 7.76. The summed E-state index contributed by atoms with van der Waals surface area (Å²) in [6.45, 7) is 3.86. The molecule has 3 heterocycles. The zero-order valence-electron chi connectivity index (χ0n) is 17.3. The molecule has 30 heavy (non-hydrogen) atoms. The lowest BCUT2D eigenvalue weighted by Gasteiger charge is -2.28. The van der Waals surface area contributed by atoms with Gasteiger partial charge in [-0.3, -0.25) is 9.69 Å². The van der Waals surface area contributed by atoms with E-state index in [0.29, 0.717) is 5.69 Å². The average Bonchev–Trinajstić information content (AvgIpc) is 3.45. The van der Waals surface area contributed by atoms with Crippen molar-refractivity contribution >= 4 is 15.7 Å². The quantitative estimate of drug-likeness (QED) is 0.801. The van der Waals surface area contributed by atoms with E-state index in [1.54, 1.807) is 0 Å². The van der Waals surface area contributed by atoms with Gasteiger partial charge in [0.2, 0.25) is 0 Å². The number of fused-ring (bicyclic) bond motifs is 1. The fourth-order valence-electron chi connectivity index (χ4n) is 5.26. The highest BCUT2D eigenvalue weighted by atomic mass is 32.2. The normalized spacial score (nSPS) is 25.5. The number of likely N-dealkylation sites (tertiary alicyclic amines) is 1. The Hall–Kier alpha value is -2.19. The Morgan fingerprint density at radius 1 is 1.10 bits per heavy atom. The highest BCUT2D eigenvalue weighted by molar-refractivity contribution is 7.91. The Kier molecular flexibility index (Phi) is 4.94. The molecule has 1 aromatic carbocycles. The summed E-state index contributed by atoms with van der Waals surface area (Å²) in [6.07, 6.45) is 4.92. The topological polar surface area (TPSA) is 84.3 Å². The van der Waals surface area contributed by atoms with Crippen molar-refractivity contribution in [3.63, 3.8) is 0 Å². The predicted molar refractivity (Wildman–Crippen MR) is 115 cm³/mol. The molecule has 2 unspecified atom stereocenters. The Labute approximate surface area is 177 Å². The van der Waals surface area contributed by atoms with Gasteiger partial charge in [0.15, 0.2) is 15.5 Å². The summed E-state index contributed by atoms with van der Waals surface area (Å²) >= 11 is 0. The molecular weight excluding hydrogens is 400 g/mol. The molecule has 2 aromatic rings. The van der Waals surface area contributed by atoms with E-state index in [9.17, 15) is 13.2 Å². The SMILES string of the molecule is Cc1ccccc1-n1nc(C(=O)NC2CS(=O)(=O)CC2N2CCCC2)c2c1CCC2. The summed E-state index contributed by atoms with van der Waals surface area (Å²) in [5.41, 5.74) is 4.67. The number of rotatable bonds is 4. The standard InChI is InChI=1S/C22H28N4O3S/c1-15-7-2-3-9-18(15)26-19-10-6-8-16(19)21(24-26)22(27)23-17-13-30(28,29)14-20(17)25-11-4-5-12-25/h2-3,7,9,17,20H,4-6,8,10-14H2,1H3,(H,23,27). The third-order valence-corrected chi connectivity index (χ3v) is 8.45. The van der Waals surface area contributed by atoms with Gasteiger partial charge in [-0.15, -0.1) is 0 Å². The number of nitrogens with one attached hydrogen (secondary N) is 1. The first-order chi connectivity index (χ1) is 14.4. The van der Waals surface area contributed by atoms with E-state index < -0.39 is 9.84 Å². The van der Waals surface area contributed by atoms with Crippen molar-refractivity contribution in [2.75, 3.05) is 24.6 Å². The first kappa shape index (κ1) is 19.8. The predicted octanol–water partition coefficient (Wildman–Crippen LogP) is 1.66. The molecule has 1 aromatic heterocycles. The molecule has 1 aliphatic carbocycles. The van der Waals surface area contributed by atoms with Crippen LogP contribution in [0.2, 0.25) is 0 Å². The largest absolute Gasteiger partial charge is 0.345 e. The fraction of sp³-hybridized carbons (Fsp3) is 0.545. The average molecular weight is 429 g/mol. The zero-order valence-corrected chi connectivity index (χ0v) is 18.1. The molecule has 5 rings (SSSR count). The van der Waals surface area contributed by atoms with Crippen molar-refractivity contribution in [3.8, 4) is 5.69 Å². The van der Waals surface area contributed by atoms with Crippen LogP contribution in [-0.2, 0) is 22.7 Å². The number of sulfone groups is 1. The smallest absolute Gasteiger partial charge is 0.272 e. The van der Waals surface area contributed by atoms with Gasteiger partial charge in [-0.1, -0.05) is 18.2 Å². The van der Waals surface area contributed by atoms with E-state index in [0.717, 1.165) is 67.7 Å². The maximum atomic E-state index is 13.3. The summed E-state index contributed by atoms with van der Waals surface area (Å²) in [5.74, 6) is -0.0966. The van der Waals surface area contributed by atoms with Gasteiger partial charge in [-0.25, -0.2) is 13.1 Å². The van der Waals surface area contributed by atoms with Crippen molar-refractivity contribution < 1.29 is 13.2 Å². The first-order valence-corrected chi connectivity index (χ1v) is 12.7.